The van der Waals surface area contributed by atoms with Crippen LogP contribution >= 0.6 is 0 Å². The van der Waals surface area contributed by atoms with Crippen LogP contribution in [-0.4, -0.2) is 312 Å². The fourth-order valence-corrected chi connectivity index (χ4v) is 9.51. The van der Waals surface area contributed by atoms with Gasteiger partial charge in [0.15, 0.2) is 37.7 Å². The number of aliphatic hydroxyl groups is 15. The maximum Gasteiger partial charge on any atom is 0.397 e. The largest absolute Gasteiger partial charge is 0.397 e. The van der Waals surface area contributed by atoms with Gasteiger partial charge in [-0.25, -0.2) is 4.18 Å². The Hall–Kier alpha value is -2.23. The molecular weight excluding hydrogens is 1050 g/mol. The van der Waals surface area contributed by atoms with Crippen molar-refractivity contribution in [3.63, 3.8) is 0 Å². The van der Waals surface area contributed by atoms with Crippen LogP contribution in [0.4, 0.5) is 0 Å². The summed E-state index contributed by atoms with van der Waals surface area (Å²) in [5.74, 6) is -1.75. The van der Waals surface area contributed by atoms with Gasteiger partial charge in [0, 0.05) is 13.8 Å². The fraction of sp³-hybridized carbons (Fsp3) is 0.950. The van der Waals surface area contributed by atoms with E-state index in [0.29, 0.717) is 0 Å². The van der Waals surface area contributed by atoms with Gasteiger partial charge in [0.2, 0.25) is 11.8 Å². The molecular formula is C40H68N2O32S. The average Bonchev–Trinajstić information content (AvgIpc) is 3.34. The molecule has 0 aromatic rings. The van der Waals surface area contributed by atoms with E-state index in [-0.39, 0.29) is 0 Å². The molecule has 5 unspecified atom stereocenters. The first kappa shape index (κ1) is 62.0. The molecule has 18 N–H and O–H groups in total. The summed E-state index contributed by atoms with van der Waals surface area (Å²) in [6.07, 6.45) is -53.0. The van der Waals surface area contributed by atoms with Crippen LogP contribution in [0.15, 0.2) is 0 Å². The molecule has 0 aromatic heterocycles. The van der Waals surface area contributed by atoms with Gasteiger partial charge in [0.05, 0.1) is 38.6 Å². The van der Waals surface area contributed by atoms with Crippen molar-refractivity contribution in [3.8, 4) is 0 Å². The molecule has 6 saturated heterocycles. The van der Waals surface area contributed by atoms with Crippen LogP contribution in [0.1, 0.15) is 27.7 Å². The minimum atomic E-state index is -5.30. The van der Waals surface area contributed by atoms with E-state index in [2.05, 4.69) is 14.8 Å². The molecule has 6 aliphatic rings. The van der Waals surface area contributed by atoms with E-state index in [1.165, 1.54) is 13.8 Å². The summed E-state index contributed by atoms with van der Waals surface area (Å²) in [5.41, 5.74) is 0. The topological polar surface area (TPSA) is 527 Å². The van der Waals surface area contributed by atoms with Crippen molar-refractivity contribution in [2.24, 2.45) is 0 Å². The Morgan fingerprint density at radius 1 is 0.440 bits per heavy atom. The Morgan fingerprint density at radius 2 is 0.827 bits per heavy atom. The summed E-state index contributed by atoms with van der Waals surface area (Å²) in [5, 5.41) is 167. The number of carbonyl (C=O) groups excluding carboxylic acids is 2. The monoisotopic (exact) mass is 1120 g/mol. The van der Waals surface area contributed by atoms with E-state index in [9.17, 15) is 99.2 Å². The van der Waals surface area contributed by atoms with Crippen molar-refractivity contribution in [1.29, 1.82) is 0 Å². The maximum absolute atomic E-state index is 12.8. The second-order valence-electron chi connectivity index (χ2n) is 18.8. The quantitative estimate of drug-likeness (QED) is 0.0567. The molecule has 35 heteroatoms. The number of amides is 2. The minimum Gasteiger partial charge on any atom is -0.394 e. The van der Waals surface area contributed by atoms with Crippen molar-refractivity contribution in [1.82, 2.24) is 10.6 Å². The summed E-state index contributed by atoms with van der Waals surface area (Å²) in [7, 11) is -5.30. The zero-order valence-electron chi connectivity index (χ0n) is 40.2. The SMILES string of the molecule is CC(=O)N[C@@H]1[C@@H](OC2O[C@H](CO)[C@H](O)[C@H](O)[C@H]2OC2O[C@@H](C)[C@@H](O)[C@@H](O)[C@@H]2O)[C@@H](O)[C@@H](COC2O[C@H](COS(=O)(=O)O)[C@@H](O)[C@H](OC3O[C@H](CO)[C@H](O)[C@H](O)[C@H]3OC3O[C@@H](C)[C@@H](O)[C@@H](O)[C@@H]3O)[C@H]2NC(C)=O)O[C@H]1O. The maximum atomic E-state index is 12.8. The van der Waals surface area contributed by atoms with Crippen LogP contribution in [0.5, 0.6) is 0 Å². The third-order valence-corrected chi connectivity index (χ3v) is 13.8. The Bertz CT molecular complexity index is 1970. The summed E-state index contributed by atoms with van der Waals surface area (Å²) in [6, 6.07) is -3.59. The molecule has 6 aliphatic heterocycles. The number of aliphatic hydroxyl groups excluding tert-OH is 15. The number of nitrogens with one attached hydrogen (secondary N) is 2. The van der Waals surface area contributed by atoms with Gasteiger partial charge < -0.3 is 139 Å². The lowest BCUT2D eigenvalue weighted by Crippen LogP contribution is -2.70. The molecule has 6 heterocycles. The van der Waals surface area contributed by atoms with Crippen LogP contribution in [0, 0.1) is 0 Å². The highest BCUT2D eigenvalue weighted by atomic mass is 32.3. The van der Waals surface area contributed by atoms with Crippen molar-refractivity contribution in [2.75, 3.05) is 26.4 Å². The standard InChI is InChI=1S/C40H68N2O32S/c1-9-19(47)25(53)29(57)37(65-9)73-33-27(55)21(49)13(5-43)68-39(33)71-31-17(41-11(3)45)35(59)67-15(23(31)51)7-63-36-18(42-12(4)46)32(24(52)16(70-36)8-64-75(60,61)62)72-40-34(28(56)22(50)14(6-44)69-40)74-38-30(58)26(54)20(48)10(2)66-38/h9-10,13-40,43-44,47-59H,5-8H2,1-4H3,(H,41,45)(H,42,46)(H,60,61,62)/t9-,10-,13+,14+,15+,16+,17+,18+,19+,20+,21-,22-,23-,24+,25+,26+,27-,28-,29-,30-,31+,32+,33+,34+,35+,36?,37?,38?,39?,40?/m0/s1. The molecule has 0 bridgehead atoms. The lowest BCUT2D eigenvalue weighted by molar-refractivity contribution is -0.384. The smallest absolute Gasteiger partial charge is 0.394 e. The van der Waals surface area contributed by atoms with Gasteiger partial charge in [-0.1, -0.05) is 0 Å². The zero-order chi connectivity index (χ0) is 55.7. The van der Waals surface area contributed by atoms with Gasteiger partial charge in [0.1, 0.15) is 134 Å². The second kappa shape index (κ2) is 25.9. The molecule has 2 amide bonds. The average molecular weight is 1120 g/mol. The third kappa shape index (κ3) is 14.2. The first-order chi connectivity index (χ1) is 35.1. The van der Waals surface area contributed by atoms with Gasteiger partial charge in [-0.15, -0.1) is 0 Å². The lowest BCUT2D eigenvalue weighted by Gasteiger charge is -2.50. The van der Waals surface area contributed by atoms with E-state index < -0.39 is 233 Å². The van der Waals surface area contributed by atoms with E-state index in [4.69, 9.17) is 52.1 Å². The molecule has 34 nitrogen and oxygen atoms in total. The predicted molar refractivity (Wildman–Crippen MR) is 230 cm³/mol. The van der Waals surface area contributed by atoms with Gasteiger partial charge in [-0.05, 0) is 13.8 Å². The molecule has 0 aliphatic carbocycles. The predicted octanol–water partition coefficient (Wildman–Crippen LogP) is -11.9. The van der Waals surface area contributed by atoms with Crippen molar-refractivity contribution >= 4 is 22.2 Å². The molecule has 0 radical (unpaired) electrons. The Labute approximate surface area is 425 Å². The number of rotatable bonds is 18. The highest BCUT2D eigenvalue weighted by Crippen LogP contribution is 2.36. The third-order valence-electron chi connectivity index (χ3n) is 13.3. The van der Waals surface area contributed by atoms with E-state index in [1.807, 2.05) is 0 Å². The number of hydrogen-bond acceptors (Lipinski definition) is 31. The number of carbonyl (C=O) groups is 2. The fourth-order valence-electron chi connectivity index (χ4n) is 9.20. The highest BCUT2D eigenvalue weighted by molar-refractivity contribution is 7.80. The first-order valence-corrected chi connectivity index (χ1v) is 24.8. The summed E-state index contributed by atoms with van der Waals surface area (Å²) in [6.45, 7) is 0.354. The van der Waals surface area contributed by atoms with Crippen molar-refractivity contribution in [2.45, 2.75) is 212 Å². The first-order valence-electron chi connectivity index (χ1n) is 23.5. The Balaban J connectivity index is 1.30. The molecule has 0 aromatic carbocycles. The van der Waals surface area contributed by atoms with Crippen LogP contribution in [0.25, 0.3) is 0 Å². The van der Waals surface area contributed by atoms with Crippen LogP contribution in [0.3, 0.4) is 0 Å². The molecule has 0 saturated carbocycles. The number of ether oxygens (including phenoxy) is 11. The molecule has 30 atom stereocenters. The molecule has 6 fully saturated rings. The second-order valence-corrected chi connectivity index (χ2v) is 19.9. The lowest BCUT2D eigenvalue weighted by atomic mass is 9.94. The number of hydrogen-bond donors (Lipinski definition) is 18. The summed E-state index contributed by atoms with van der Waals surface area (Å²) >= 11 is 0. The molecule has 6 rings (SSSR count). The Morgan fingerprint density at radius 3 is 1.24 bits per heavy atom. The van der Waals surface area contributed by atoms with Crippen molar-refractivity contribution < 1.29 is 155 Å². The van der Waals surface area contributed by atoms with Gasteiger partial charge in [0.25, 0.3) is 0 Å². The zero-order valence-corrected chi connectivity index (χ0v) is 41.1. The van der Waals surface area contributed by atoms with E-state index >= 15 is 0 Å². The van der Waals surface area contributed by atoms with Crippen molar-refractivity contribution in [3.05, 3.63) is 0 Å². The van der Waals surface area contributed by atoms with Gasteiger partial charge in [-0.2, -0.15) is 8.42 Å². The molecule has 0 spiro atoms. The molecule has 75 heavy (non-hydrogen) atoms. The van der Waals surface area contributed by atoms with E-state index in [0.717, 1.165) is 13.8 Å². The van der Waals surface area contributed by atoms with Crippen LogP contribution < -0.4 is 10.6 Å². The summed E-state index contributed by atoms with van der Waals surface area (Å²) < 4.78 is 101. The van der Waals surface area contributed by atoms with Crippen LogP contribution in [-0.2, 0) is 76.3 Å². The Kier molecular flexibility index (Phi) is 21.4. The highest BCUT2D eigenvalue weighted by Gasteiger charge is 2.57. The van der Waals surface area contributed by atoms with Gasteiger partial charge >= 0.3 is 10.4 Å². The minimum absolute atomic E-state index is 0.841. The van der Waals surface area contributed by atoms with Gasteiger partial charge in [-0.3, -0.25) is 14.1 Å². The van der Waals surface area contributed by atoms with Crippen LogP contribution in [0.2, 0.25) is 0 Å². The van der Waals surface area contributed by atoms with E-state index in [1.54, 1.807) is 0 Å². The summed E-state index contributed by atoms with van der Waals surface area (Å²) in [4.78, 5) is 25.3. The molecule has 436 valence electrons. The normalized spacial score (nSPS) is 49.0.